The van der Waals surface area contributed by atoms with Crippen molar-refractivity contribution in [1.29, 1.82) is 0 Å². The first kappa shape index (κ1) is 10.3. The molecule has 0 fully saturated rings. The molecule has 1 aliphatic heterocycles. The molecule has 1 aliphatic rings. The molecule has 0 aromatic heterocycles. The van der Waals surface area contributed by atoms with Gasteiger partial charge in [-0.2, -0.15) is 0 Å². The molecule has 0 saturated carbocycles. The lowest BCUT2D eigenvalue weighted by Crippen LogP contribution is -2.19. The van der Waals surface area contributed by atoms with Gasteiger partial charge in [0.2, 0.25) is 0 Å². The van der Waals surface area contributed by atoms with Gasteiger partial charge in [0, 0.05) is 13.2 Å². The zero-order valence-electron chi connectivity index (χ0n) is 9.07. The first-order valence-electron chi connectivity index (χ1n) is 4.72. The van der Waals surface area contributed by atoms with E-state index >= 15 is 0 Å². The smallest absolute Gasteiger partial charge is 0.192 e. The summed E-state index contributed by atoms with van der Waals surface area (Å²) in [6.45, 7) is 2.18. The minimum absolute atomic E-state index is 0.206. The standard InChI is InChI=1S/C11H14O4/c1-7-4-8(12-2)5-9-10(7)11(13-3)15-6-14-9/h4-5,11H,6H2,1-3H3. The molecule has 0 amide bonds. The zero-order valence-corrected chi connectivity index (χ0v) is 9.07. The van der Waals surface area contributed by atoms with Gasteiger partial charge >= 0.3 is 0 Å². The lowest BCUT2D eigenvalue weighted by Gasteiger charge is -2.26. The maximum Gasteiger partial charge on any atom is 0.192 e. The van der Waals surface area contributed by atoms with Gasteiger partial charge in [0.1, 0.15) is 11.5 Å². The Balaban J connectivity index is 2.47. The Morgan fingerprint density at radius 1 is 1.33 bits per heavy atom. The number of aryl methyl sites for hydroxylation is 1. The van der Waals surface area contributed by atoms with Crippen molar-refractivity contribution >= 4 is 0 Å². The molecule has 1 aromatic carbocycles. The second-order valence-electron chi connectivity index (χ2n) is 3.35. The van der Waals surface area contributed by atoms with Crippen LogP contribution in [-0.4, -0.2) is 21.0 Å². The molecule has 0 saturated heterocycles. The predicted molar refractivity (Wildman–Crippen MR) is 54.1 cm³/mol. The molecule has 1 aromatic rings. The fourth-order valence-corrected chi connectivity index (χ4v) is 1.70. The van der Waals surface area contributed by atoms with E-state index in [9.17, 15) is 0 Å². The van der Waals surface area contributed by atoms with Crippen molar-refractivity contribution in [3.05, 3.63) is 23.3 Å². The Labute approximate surface area is 88.7 Å². The van der Waals surface area contributed by atoms with E-state index in [4.69, 9.17) is 18.9 Å². The molecule has 0 bridgehead atoms. The summed E-state index contributed by atoms with van der Waals surface area (Å²) in [5, 5.41) is 0. The van der Waals surface area contributed by atoms with Crippen LogP contribution in [0.2, 0.25) is 0 Å². The normalized spacial score (nSPS) is 19.3. The third-order valence-corrected chi connectivity index (χ3v) is 2.44. The van der Waals surface area contributed by atoms with Crippen molar-refractivity contribution in [3.63, 3.8) is 0 Å². The van der Waals surface area contributed by atoms with Crippen molar-refractivity contribution in [1.82, 2.24) is 0 Å². The second-order valence-corrected chi connectivity index (χ2v) is 3.35. The number of rotatable bonds is 2. The summed E-state index contributed by atoms with van der Waals surface area (Å²) >= 11 is 0. The van der Waals surface area contributed by atoms with Gasteiger partial charge < -0.3 is 18.9 Å². The van der Waals surface area contributed by atoms with Gasteiger partial charge in [-0.05, 0) is 18.6 Å². The number of methoxy groups -OCH3 is 2. The summed E-state index contributed by atoms with van der Waals surface area (Å²) in [5.74, 6) is 1.55. The Bertz CT molecular complexity index is 362. The van der Waals surface area contributed by atoms with Crippen LogP contribution in [0.25, 0.3) is 0 Å². The summed E-state index contributed by atoms with van der Waals surface area (Å²) in [6.07, 6.45) is -0.348. The highest BCUT2D eigenvalue weighted by molar-refractivity contribution is 5.47. The zero-order chi connectivity index (χ0) is 10.8. The molecule has 0 spiro atoms. The van der Waals surface area contributed by atoms with Crippen LogP contribution >= 0.6 is 0 Å². The maximum atomic E-state index is 5.40. The highest BCUT2D eigenvalue weighted by Gasteiger charge is 2.24. The quantitative estimate of drug-likeness (QED) is 0.748. The van der Waals surface area contributed by atoms with E-state index in [1.54, 1.807) is 14.2 Å². The topological polar surface area (TPSA) is 36.9 Å². The molecule has 0 radical (unpaired) electrons. The molecule has 0 N–H and O–H groups in total. The molecule has 4 heteroatoms. The first-order valence-corrected chi connectivity index (χ1v) is 4.72. The van der Waals surface area contributed by atoms with E-state index in [0.717, 1.165) is 22.6 Å². The molecule has 0 aliphatic carbocycles. The van der Waals surface area contributed by atoms with E-state index in [2.05, 4.69) is 0 Å². The molecular formula is C11H14O4. The van der Waals surface area contributed by atoms with Crippen LogP contribution in [0.3, 0.4) is 0 Å². The van der Waals surface area contributed by atoms with Crippen LogP contribution in [0.15, 0.2) is 12.1 Å². The van der Waals surface area contributed by atoms with E-state index in [0.29, 0.717) is 0 Å². The third-order valence-electron chi connectivity index (χ3n) is 2.44. The average molecular weight is 210 g/mol. The van der Waals surface area contributed by atoms with Crippen molar-refractivity contribution in [2.45, 2.75) is 13.2 Å². The van der Waals surface area contributed by atoms with Gasteiger partial charge in [0.25, 0.3) is 0 Å². The number of ether oxygens (including phenoxy) is 4. The average Bonchev–Trinajstić information content (AvgIpc) is 2.27. The Morgan fingerprint density at radius 2 is 2.13 bits per heavy atom. The molecule has 82 valence electrons. The summed E-state index contributed by atoms with van der Waals surface area (Å²) in [6, 6.07) is 3.78. The van der Waals surface area contributed by atoms with Gasteiger partial charge in [0.15, 0.2) is 13.1 Å². The SMILES string of the molecule is COc1cc(C)c2c(c1)OCOC2OC. The monoisotopic (exact) mass is 210 g/mol. The predicted octanol–water partition coefficient (Wildman–Crippen LogP) is 2.02. The second kappa shape index (κ2) is 4.08. The summed E-state index contributed by atoms with van der Waals surface area (Å²) < 4.78 is 21.1. The van der Waals surface area contributed by atoms with E-state index in [1.807, 2.05) is 19.1 Å². The number of fused-ring (bicyclic) bond motifs is 1. The summed E-state index contributed by atoms with van der Waals surface area (Å²) in [7, 11) is 3.25. The largest absolute Gasteiger partial charge is 0.497 e. The van der Waals surface area contributed by atoms with Gasteiger partial charge in [-0.15, -0.1) is 0 Å². The molecule has 4 nitrogen and oxygen atoms in total. The Morgan fingerprint density at radius 3 is 2.80 bits per heavy atom. The molecule has 2 rings (SSSR count). The van der Waals surface area contributed by atoms with Crippen LogP contribution < -0.4 is 9.47 Å². The van der Waals surface area contributed by atoms with Gasteiger partial charge in [0.05, 0.1) is 12.7 Å². The Kier molecular flexibility index (Phi) is 2.79. The van der Waals surface area contributed by atoms with Crippen molar-refractivity contribution in [2.75, 3.05) is 21.0 Å². The molecule has 1 atom stereocenters. The fourth-order valence-electron chi connectivity index (χ4n) is 1.70. The van der Waals surface area contributed by atoms with Gasteiger partial charge in [-0.25, -0.2) is 0 Å². The number of benzene rings is 1. The van der Waals surface area contributed by atoms with Crippen LogP contribution in [-0.2, 0) is 9.47 Å². The molecule has 1 unspecified atom stereocenters. The minimum atomic E-state index is -0.348. The minimum Gasteiger partial charge on any atom is -0.497 e. The molecular weight excluding hydrogens is 196 g/mol. The van der Waals surface area contributed by atoms with Crippen LogP contribution in [0, 0.1) is 6.92 Å². The fraction of sp³-hybridized carbons (Fsp3) is 0.455. The highest BCUT2D eigenvalue weighted by Crippen LogP contribution is 2.37. The van der Waals surface area contributed by atoms with Gasteiger partial charge in [-0.3, -0.25) is 0 Å². The van der Waals surface area contributed by atoms with E-state index in [-0.39, 0.29) is 13.1 Å². The first-order chi connectivity index (χ1) is 7.26. The Hall–Kier alpha value is -1.26. The lowest BCUT2D eigenvalue weighted by atomic mass is 10.1. The third kappa shape index (κ3) is 1.78. The van der Waals surface area contributed by atoms with Crippen molar-refractivity contribution < 1.29 is 18.9 Å². The van der Waals surface area contributed by atoms with Crippen LogP contribution in [0.4, 0.5) is 0 Å². The van der Waals surface area contributed by atoms with E-state index in [1.165, 1.54) is 0 Å². The summed E-state index contributed by atoms with van der Waals surface area (Å²) in [4.78, 5) is 0. The molecule has 1 heterocycles. The lowest BCUT2D eigenvalue weighted by molar-refractivity contribution is -0.181. The number of hydrogen-bond acceptors (Lipinski definition) is 4. The maximum absolute atomic E-state index is 5.40. The molecule has 15 heavy (non-hydrogen) atoms. The highest BCUT2D eigenvalue weighted by atomic mass is 16.8. The van der Waals surface area contributed by atoms with Crippen LogP contribution in [0.5, 0.6) is 11.5 Å². The van der Waals surface area contributed by atoms with E-state index < -0.39 is 0 Å². The van der Waals surface area contributed by atoms with Crippen molar-refractivity contribution in [3.8, 4) is 11.5 Å². The van der Waals surface area contributed by atoms with Crippen molar-refractivity contribution in [2.24, 2.45) is 0 Å². The summed E-state index contributed by atoms with van der Waals surface area (Å²) in [5.41, 5.74) is 1.97. The van der Waals surface area contributed by atoms with Crippen LogP contribution in [0.1, 0.15) is 17.4 Å². The van der Waals surface area contributed by atoms with Gasteiger partial charge in [-0.1, -0.05) is 0 Å². The number of hydrogen-bond donors (Lipinski definition) is 0.